The first-order valence-corrected chi connectivity index (χ1v) is 11.3. The smallest absolute Gasteiger partial charge is 0.312 e. The fourth-order valence-electron chi connectivity index (χ4n) is 3.55. The lowest BCUT2D eigenvalue weighted by atomic mass is 10.1. The molecule has 10 heteroatoms. The Labute approximate surface area is 188 Å². The number of aryl methyl sites for hydroxylation is 2. The van der Waals surface area contributed by atoms with Gasteiger partial charge in [0.15, 0.2) is 0 Å². The number of anilines is 1. The van der Waals surface area contributed by atoms with Gasteiger partial charge in [0.2, 0.25) is 5.95 Å². The van der Waals surface area contributed by atoms with E-state index in [1.165, 1.54) is 12.1 Å². The van der Waals surface area contributed by atoms with E-state index >= 15 is 0 Å². The second kappa shape index (κ2) is 8.18. The van der Waals surface area contributed by atoms with Crippen LogP contribution in [0.25, 0.3) is 11.0 Å². The molecule has 0 unspecified atom stereocenters. The van der Waals surface area contributed by atoms with Crippen LogP contribution in [0.15, 0.2) is 71.6 Å². The molecule has 4 rings (SSSR count). The van der Waals surface area contributed by atoms with Crippen molar-refractivity contribution in [2.45, 2.75) is 24.5 Å². The van der Waals surface area contributed by atoms with Crippen LogP contribution in [0.1, 0.15) is 16.7 Å². The van der Waals surface area contributed by atoms with Gasteiger partial charge in [0.1, 0.15) is 5.82 Å². The summed E-state index contributed by atoms with van der Waals surface area (Å²) in [5, 5.41) is 0. The highest BCUT2D eigenvalue weighted by Crippen LogP contribution is 2.33. The van der Waals surface area contributed by atoms with E-state index < -0.39 is 34.1 Å². The molecule has 0 atom stereocenters. The third-order valence-electron chi connectivity index (χ3n) is 5.23. The molecule has 0 saturated carbocycles. The van der Waals surface area contributed by atoms with Gasteiger partial charge in [-0.3, -0.25) is 0 Å². The fraction of sp³-hybridized carbons (Fsp3) is 0.174. The largest absolute Gasteiger partial charge is 0.419 e. The quantitative estimate of drug-likeness (QED) is 0.360. The predicted molar refractivity (Wildman–Crippen MR) is 117 cm³/mol. The number of hydrogen-bond acceptors (Lipinski definition) is 3. The molecule has 3 aromatic carbocycles. The molecular weight excluding hydrogens is 458 g/mol. The summed E-state index contributed by atoms with van der Waals surface area (Å²) < 4.78 is 82.7. The van der Waals surface area contributed by atoms with Crippen LogP contribution in [0.5, 0.6) is 0 Å². The van der Waals surface area contributed by atoms with Crippen molar-refractivity contribution in [3.63, 3.8) is 0 Å². The van der Waals surface area contributed by atoms with Gasteiger partial charge >= 0.3 is 6.18 Å². The average molecular weight is 477 g/mol. The van der Waals surface area contributed by atoms with Gasteiger partial charge in [0.25, 0.3) is 10.0 Å². The Kier molecular flexibility index (Phi) is 5.65. The number of hydrogen-bond donors (Lipinski definition) is 0. The maximum Gasteiger partial charge on any atom is 0.419 e. The van der Waals surface area contributed by atoms with Crippen LogP contribution in [0.4, 0.5) is 23.5 Å². The molecular formula is C23H19F4N3O2S. The standard InChI is InChI=1S/C23H19F4N3O2S/c1-15-8-11-20-21(12-15)29(2)22(28-20)30(33(31,32)17-6-4-3-5-7-17)14-16-9-10-18(19(24)13-16)23(25,26)27/h3-13H,14H2,1-2H3. The highest BCUT2D eigenvalue weighted by Gasteiger charge is 2.35. The first-order valence-electron chi connectivity index (χ1n) is 9.85. The Hall–Kier alpha value is -3.40. The number of fused-ring (bicyclic) bond motifs is 1. The van der Waals surface area contributed by atoms with Gasteiger partial charge in [-0.15, -0.1) is 0 Å². The van der Waals surface area contributed by atoms with Crippen LogP contribution < -0.4 is 4.31 Å². The number of sulfonamides is 1. The molecule has 0 aliphatic rings. The zero-order valence-corrected chi connectivity index (χ0v) is 18.5. The molecule has 172 valence electrons. The van der Waals surface area contributed by atoms with Crippen molar-refractivity contribution in [3.05, 3.63) is 89.2 Å². The molecule has 0 aliphatic heterocycles. The third-order valence-corrected chi connectivity index (χ3v) is 6.97. The monoisotopic (exact) mass is 477 g/mol. The number of aromatic nitrogens is 2. The Morgan fingerprint density at radius 3 is 2.33 bits per heavy atom. The van der Waals surface area contributed by atoms with Crippen molar-refractivity contribution in [2.24, 2.45) is 7.05 Å². The molecule has 0 aliphatic carbocycles. The van der Waals surface area contributed by atoms with Crippen LogP contribution >= 0.6 is 0 Å². The Balaban J connectivity index is 1.86. The maximum absolute atomic E-state index is 14.2. The van der Waals surface area contributed by atoms with Gasteiger partial charge in [-0.05, 0) is 54.4 Å². The molecule has 0 spiro atoms. The van der Waals surface area contributed by atoms with E-state index in [2.05, 4.69) is 4.98 Å². The number of nitrogens with zero attached hydrogens (tertiary/aromatic N) is 3. The zero-order valence-electron chi connectivity index (χ0n) is 17.6. The van der Waals surface area contributed by atoms with Crippen LogP contribution in [0.2, 0.25) is 0 Å². The third kappa shape index (κ3) is 4.30. The minimum Gasteiger partial charge on any atom is -0.312 e. The van der Waals surface area contributed by atoms with E-state index in [1.54, 1.807) is 35.9 Å². The Morgan fingerprint density at radius 1 is 1.00 bits per heavy atom. The number of halogens is 4. The minimum absolute atomic E-state index is 0.0272. The van der Waals surface area contributed by atoms with E-state index in [4.69, 9.17) is 0 Å². The SMILES string of the molecule is Cc1ccc2nc(N(Cc3ccc(C(F)(F)F)c(F)c3)S(=O)(=O)c3ccccc3)n(C)c2c1. The van der Waals surface area contributed by atoms with Gasteiger partial charge in [-0.1, -0.05) is 30.3 Å². The van der Waals surface area contributed by atoms with E-state index in [-0.39, 0.29) is 16.4 Å². The second-order valence-corrected chi connectivity index (χ2v) is 9.46. The molecule has 33 heavy (non-hydrogen) atoms. The number of benzene rings is 3. The summed E-state index contributed by atoms with van der Waals surface area (Å²) in [5.41, 5.74) is 0.798. The van der Waals surface area contributed by atoms with Gasteiger partial charge in [0, 0.05) is 7.05 Å². The average Bonchev–Trinajstić information content (AvgIpc) is 3.07. The normalized spacial score (nSPS) is 12.3. The van der Waals surface area contributed by atoms with Gasteiger partial charge in [-0.2, -0.15) is 13.2 Å². The highest BCUT2D eigenvalue weighted by atomic mass is 32.2. The van der Waals surface area contributed by atoms with Crippen molar-refractivity contribution in [3.8, 4) is 0 Å². The summed E-state index contributed by atoms with van der Waals surface area (Å²) in [7, 11) is -2.53. The summed E-state index contributed by atoms with van der Waals surface area (Å²) in [6.45, 7) is 1.47. The Bertz CT molecular complexity index is 1430. The lowest BCUT2D eigenvalue weighted by Gasteiger charge is -2.24. The maximum atomic E-state index is 14.2. The molecule has 0 N–H and O–H groups in total. The molecule has 0 radical (unpaired) electrons. The lowest BCUT2D eigenvalue weighted by Crippen LogP contribution is -2.32. The minimum atomic E-state index is -4.85. The van der Waals surface area contributed by atoms with Crippen LogP contribution in [-0.4, -0.2) is 18.0 Å². The van der Waals surface area contributed by atoms with Crippen LogP contribution in [0.3, 0.4) is 0 Å². The van der Waals surface area contributed by atoms with E-state index in [1.807, 2.05) is 19.1 Å². The lowest BCUT2D eigenvalue weighted by molar-refractivity contribution is -0.140. The van der Waals surface area contributed by atoms with Crippen molar-refractivity contribution in [2.75, 3.05) is 4.31 Å². The van der Waals surface area contributed by atoms with E-state index in [0.717, 1.165) is 15.9 Å². The van der Waals surface area contributed by atoms with Gasteiger partial charge in [0.05, 0.1) is 28.0 Å². The fourth-order valence-corrected chi connectivity index (χ4v) is 5.00. The number of imidazole rings is 1. The molecule has 1 aromatic heterocycles. The van der Waals surface area contributed by atoms with Crippen molar-refractivity contribution < 1.29 is 26.0 Å². The number of alkyl halides is 3. The predicted octanol–water partition coefficient (Wildman–Crippen LogP) is 5.44. The first-order chi connectivity index (χ1) is 15.5. The van der Waals surface area contributed by atoms with Gasteiger partial charge in [-0.25, -0.2) is 22.1 Å². The Morgan fingerprint density at radius 2 is 1.70 bits per heavy atom. The summed E-state index contributed by atoms with van der Waals surface area (Å²) in [4.78, 5) is 4.43. The summed E-state index contributed by atoms with van der Waals surface area (Å²) in [5.74, 6) is -1.42. The van der Waals surface area contributed by atoms with Gasteiger partial charge < -0.3 is 4.57 Å². The molecule has 5 nitrogen and oxygen atoms in total. The number of rotatable bonds is 5. The molecule has 4 aromatic rings. The molecule has 0 saturated heterocycles. The molecule has 0 amide bonds. The van der Waals surface area contributed by atoms with Crippen LogP contribution in [-0.2, 0) is 29.8 Å². The topological polar surface area (TPSA) is 55.2 Å². The van der Waals surface area contributed by atoms with E-state index in [9.17, 15) is 26.0 Å². The zero-order chi connectivity index (χ0) is 24.0. The molecule has 1 heterocycles. The molecule has 0 fully saturated rings. The summed E-state index contributed by atoms with van der Waals surface area (Å²) in [6.07, 6.45) is -4.85. The second-order valence-electron chi connectivity index (χ2n) is 7.60. The van der Waals surface area contributed by atoms with Crippen LogP contribution in [0, 0.1) is 12.7 Å². The van der Waals surface area contributed by atoms with Crippen molar-refractivity contribution in [1.29, 1.82) is 0 Å². The summed E-state index contributed by atoms with van der Waals surface area (Å²) in [6, 6.07) is 15.4. The van der Waals surface area contributed by atoms with E-state index in [0.29, 0.717) is 23.2 Å². The van der Waals surface area contributed by atoms with Crippen molar-refractivity contribution in [1.82, 2.24) is 9.55 Å². The first kappa shape index (κ1) is 22.8. The van der Waals surface area contributed by atoms with Crippen molar-refractivity contribution >= 4 is 27.0 Å². The molecule has 0 bridgehead atoms. The summed E-state index contributed by atoms with van der Waals surface area (Å²) >= 11 is 0. The highest BCUT2D eigenvalue weighted by molar-refractivity contribution is 7.92.